The van der Waals surface area contributed by atoms with Crippen molar-refractivity contribution in [2.24, 2.45) is 5.73 Å². The zero-order valence-corrected chi connectivity index (χ0v) is 15.8. The Hall–Kier alpha value is -2.92. The Kier molecular flexibility index (Phi) is 4.24. The second-order valence-corrected chi connectivity index (χ2v) is 7.77. The number of nitrogens with two attached hydrogens (primary N) is 1. The molecule has 0 bridgehead atoms. The smallest absolute Gasteiger partial charge is 0.274 e. The van der Waals surface area contributed by atoms with Crippen molar-refractivity contribution >= 4 is 5.91 Å². The maximum atomic E-state index is 13.4. The molecule has 2 aliphatic rings. The molecule has 2 atom stereocenters. The minimum absolute atomic E-state index is 0.0155. The van der Waals surface area contributed by atoms with E-state index in [1.807, 2.05) is 58.1 Å². The lowest BCUT2D eigenvalue weighted by Crippen LogP contribution is -2.32. The number of para-hydroxylation sites is 1. The highest BCUT2D eigenvalue weighted by molar-refractivity contribution is 5.94. The van der Waals surface area contributed by atoms with Gasteiger partial charge >= 0.3 is 0 Å². The van der Waals surface area contributed by atoms with Crippen LogP contribution in [0.3, 0.4) is 0 Å². The minimum Gasteiger partial charge on any atom is -0.335 e. The van der Waals surface area contributed by atoms with Gasteiger partial charge in [0, 0.05) is 36.3 Å². The van der Waals surface area contributed by atoms with Gasteiger partial charge in [-0.25, -0.2) is 4.68 Å². The van der Waals surface area contributed by atoms with Gasteiger partial charge in [-0.3, -0.25) is 4.79 Å². The van der Waals surface area contributed by atoms with Crippen LogP contribution in [0.2, 0.25) is 0 Å². The lowest BCUT2D eigenvalue weighted by Gasteiger charge is -2.16. The van der Waals surface area contributed by atoms with Crippen molar-refractivity contribution in [3.63, 3.8) is 0 Å². The quantitative estimate of drug-likeness (QED) is 0.769. The summed E-state index contributed by atoms with van der Waals surface area (Å²) in [6, 6.07) is 20.3. The van der Waals surface area contributed by atoms with E-state index in [0.717, 1.165) is 30.5 Å². The molecule has 0 unspecified atom stereocenters. The van der Waals surface area contributed by atoms with E-state index in [0.29, 0.717) is 18.8 Å². The largest absolute Gasteiger partial charge is 0.335 e. The first-order valence-corrected chi connectivity index (χ1v) is 9.98. The van der Waals surface area contributed by atoms with Gasteiger partial charge in [0.25, 0.3) is 5.91 Å². The molecule has 1 fully saturated rings. The molecule has 2 N–H and O–H groups in total. The van der Waals surface area contributed by atoms with Crippen LogP contribution in [0.25, 0.3) is 5.69 Å². The van der Waals surface area contributed by atoms with Gasteiger partial charge in [0.1, 0.15) is 0 Å². The van der Waals surface area contributed by atoms with Crippen molar-refractivity contribution in [2.75, 3.05) is 13.1 Å². The lowest BCUT2D eigenvalue weighted by atomic mass is 9.95. The first-order chi connectivity index (χ1) is 13.7. The summed E-state index contributed by atoms with van der Waals surface area (Å²) in [5.41, 5.74) is 11.5. The maximum Gasteiger partial charge on any atom is 0.274 e. The van der Waals surface area contributed by atoms with Crippen molar-refractivity contribution < 1.29 is 4.79 Å². The van der Waals surface area contributed by atoms with Crippen LogP contribution in [-0.4, -0.2) is 39.7 Å². The van der Waals surface area contributed by atoms with E-state index < -0.39 is 0 Å². The molecule has 2 aromatic carbocycles. The van der Waals surface area contributed by atoms with Crippen molar-refractivity contribution in [3.8, 4) is 5.69 Å². The Bertz CT molecular complexity index is 996. The van der Waals surface area contributed by atoms with Gasteiger partial charge in [0.15, 0.2) is 5.69 Å². The molecular formula is C23H24N4O. The summed E-state index contributed by atoms with van der Waals surface area (Å²) in [6.07, 6.45) is 2.97. The molecule has 28 heavy (non-hydrogen) atoms. The van der Waals surface area contributed by atoms with Gasteiger partial charge in [0.05, 0.1) is 5.69 Å². The molecule has 5 nitrogen and oxygen atoms in total. The van der Waals surface area contributed by atoms with Crippen LogP contribution in [-0.2, 0) is 12.8 Å². The van der Waals surface area contributed by atoms with E-state index in [1.54, 1.807) is 0 Å². The molecule has 5 heteroatoms. The predicted molar refractivity (Wildman–Crippen MR) is 109 cm³/mol. The minimum atomic E-state index is -0.0457. The number of aromatic nitrogens is 2. The predicted octanol–water partition coefficient (Wildman–Crippen LogP) is 2.93. The summed E-state index contributed by atoms with van der Waals surface area (Å²) in [5, 5.41) is 4.75. The summed E-state index contributed by atoms with van der Waals surface area (Å²) in [7, 11) is 0. The van der Waals surface area contributed by atoms with Crippen LogP contribution in [0.1, 0.15) is 39.6 Å². The summed E-state index contributed by atoms with van der Waals surface area (Å²) in [5.74, 6) is 0.191. The average Bonchev–Trinajstić information content (AvgIpc) is 3.44. The highest BCUT2D eigenvalue weighted by Crippen LogP contribution is 2.31. The Morgan fingerprint density at radius 3 is 2.43 bits per heavy atom. The van der Waals surface area contributed by atoms with E-state index in [2.05, 4.69) is 12.1 Å². The van der Waals surface area contributed by atoms with E-state index >= 15 is 0 Å². The standard InChI is InChI=1S/C23H24N4O/c24-20-15-26(14-19(20)16-8-3-1-4-9-16)23(28)22-18-12-7-13-21(18)27(25-22)17-10-5-2-6-11-17/h1-6,8-11,19-20H,7,12-15,24H2/t19-,20+/m0/s1. The molecule has 3 aromatic rings. The zero-order chi connectivity index (χ0) is 19.1. The number of hydrogen-bond acceptors (Lipinski definition) is 3. The fourth-order valence-electron chi connectivity index (χ4n) is 4.59. The lowest BCUT2D eigenvalue weighted by molar-refractivity contribution is 0.0782. The normalized spacial score (nSPS) is 21.1. The van der Waals surface area contributed by atoms with E-state index in [9.17, 15) is 4.79 Å². The van der Waals surface area contributed by atoms with Crippen LogP contribution in [0.5, 0.6) is 0 Å². The van der Waals surface area contributed by atoms with Gasteiger partial charge in [-0.2, -0.15) is 5.10 Å². The highest BCUT2D eigenvalue weighted by atomic mass is 16.2. The molecule has 0 saturated carbocycles. The Morgan fingerprint density at radius 1 is 0.964 bits per heavy atom. The summed E-state index contributed by atoms with van der Waals surface area (Å²) in [4.78, 5) is 15.3. The first-order valence-electron chi connectivity index (χ1n) is 9.98. The van der Waals surface area contributed by atoms with E-state index in [1.165, 1.54) is 11.3 Å². The fraction of sp³-hybridized carbons (Fsp3) is 0.304. The Morgan fingerprint density at radius 2 is 1.68 bits per heavy atom. The number of fused-ring (bicyclic) bond motifs is 1. The number of carbonyl (C=O) groups is 1. The molecule has 1 amide bonds. The number of benzene rings is 2. The zero-order valence-electron chi connectivity index (χ0n) is 15.8. The molecule has 1 saturated heterocycles. The summed E-state index contributed by atoms with van der Waals surface area (Å²) >= 11 is 0. The van der Waals surface area contributed by atoms with Crippen molar-refractivity contribution in [1.29, 1.82) is 0 Å². The van der Waals surface area contributed by atoms with Gasteiger partial charge in [0.2, 0.25) is 0 Å². The van der Waals surface area contributed by atoms with Crippen molar-refractivity contribution in [2.45, 2.75) is 31.2 Å². The molecule has 1 aliphatic carbocycles. The van der Waals surface area contributed by atoms with Crippen molar-refractivity contribution in [3.05, 3.63) is 83.2 Å². The molecule has 2 heterocycles. The third kappa shape index (κ3) is 2.83. The third-order valence-electron chi connectivity index (χ3n) is 6.01. The number of hydrogen-bond donors (Lipinski definition) is 1. The van der Waals surface area contributed by atoms with E-state index in [-0.39, 0.29) is 17.9 Å². The third-order valence-corrected chi connectivity index (χ3v) is 6.01. The molecule has 142 valence electrons. The van der Waals surface area contributed by atoms with E-state index in [4.69, 9.17) is 10.8 Å². The monoisotopic (exact) mass is 372 g/mol. The average molecular weight is 372 g/mol. The second kappa shape index (κ2) is 6.91. The SMILES string of the molecule is N[C@@H]1CN(C(=O)c2nn(-c3ccccc3)c3c2CCC3)C[C@H]1c1ccccc1. The van der Waals surface area contributed by atoms with Crippen LogP contribution in [0.15, 0.2) is 60.7 Å². The first kappa shape index (κ1) is 17.2. The van der Waals surface area contributed by atoms with Crippen LogP contribution >= 0.6 is 0 Å². The van der Waals surface area contributed by atoms with Gasteiger partial charge in [-0.1, -0.05) is 48.5 Å². The molecule has 1 aliphatic heterocycles. The number of likely N-dealkylation sites (tertiary alicyclic amines) is 1. The van der Waals surface area contributed by atoms with Gasteiger partial charge < -0.3 is 10.6 Å². The Labute approximate surface area is 164 Å². The molecule has 0 radical (unpaired) electrons. The molecule has 1 aromatic heterocycles. The van der Waals surface area contributed by atoms with Crippen LogP contribution < -0.4 is 5.73 Å². The maximum absolute atomic E-state index is 13.4. The Balaban J connectivity index is 1.45. The van der Waals surface area contributed by atoms with Gasteiger partial charge in [-0.15, -0.1) is 0 Å². The van der Waals surface area contributed by atoms with Crippen molar-refractivity contribution in [1.82, 2.24) is 14.7 Å². The highest BCUT2D eigenvalue weighted by Gasteiger charge is 2.37. The number of amides is 1. The number of nitrogens with zero attached hydrogens (tertiary/aromatic N) is 3. The number of carbonyl (C=O) groups excluding carboxylic acids is 1. The van der Waals surface area contributed by atoms with Gasteiger partial charge in [-0.05, 0) is 37.0 Å². The van der Waals surface area contributed by atoms with Crippen LogP contribution in [0, 0.1) is 0 Å². The molecular weight excluding hydrogens is 348 g/mol. The fourth-order valence-corrected chi connectivity index (χ4v) is 4.59. The molecule has 5 rings (SSSR count). The molecule has 0 spiro atoms. The summed E-state index contributed by atoms with van der Waals surface area (Å²) in [6.45, 7) is 1.22. The number of rotatable bonds is 3. The second-order valence-electron chi connectivity index (χ2n) is 7.77. The topological polar surface area (TPSA) is 64.2 Å². The summed E-state index contributed by atoms with van der Waals surface area (Å²) < 4.78 is 1.96. The van der Waals surface area contributed by atoms with Crippen LogP contribution in [0.4, 0.5) is 0 Å².